The molecule has 0 fully saturated rings. The van der Waals surface area contributed by atoms with Crippen LogP contribution in [-0.2, 0) is 23.5 Å². The summed E-state index contributed by atoms with van der Waals surface area (Å²) < 4.78 is 36.1. The summed E-state index contributed by atoms with van der Waals surface area (Å²) in [6.07, 6.45) is 2.24. The second-order valence-corrected chi connectivity index (χ2v) is 11.0. The fourth-order valence-electron chi connectivity index (χ4n) is 4.38. The van der Waals surface area contributed by atoms with E-state index in [2.05, 4.69) is 15.0 Å². The number of ether oxygens (including phenoxy) is 1. The Morgan fingerprint density at radius 2 is 1.82 bits per heavy atom. The molecule has 0 aliphatic carbocycles. The summed E-state index contributed by atoms with van der Waals surface area (Å²) in [7, 11) is -2.25. The van der Waals surface area contributed by atoms with Gasteiger partial charge in [0.25, 0.3) is 5.56 Å². The number of aromatic amines is 1. The maximum atomic E-state index is 13.7. The fraction of sp³-hybridized carbons (Fsp3) is 0.577. The molecule has 3 rings (SSSR count). The van der Waals surface area contributed by atoms with Gasteiger partial charge >= 0.3 is 0 Å². The first-order valence-electron chi connectivity index (χ1n) is 13.3. The SMILES string of the molecule is CCCOc1ccc(S(=O)(=O)N(CCO)CCN(CC)CC)cc1-c1nc2c(CCC)nn(C)c2c(=O)[nH]1. The predicted octanol–water partition coefficient (Wildman–Crippen LogP) is 2.39. The molecule has 0 saturated heterocycles. The molecule has 0 aliphatic rings. The molecular weight excluding hydrogens is 508 g/mol. The average molecular weight is 549 g/mol. The number of nitrogens with one attached hydrogen (secondary N) is 1. The van der Waals surface area contributed by atoms with E-state index in [0.717, 1.165) is 25.9 Å². The monoisotopic (exact) mass is 548 g/mol. The molecule has 0 bridgehead atoms. The molecule has 0 atom stereocenters. The summed E-state index contributed by atoms with van der Waals surface area (Å²) in [5.74, 6) is 0.638. The maximum absolute atomic E-state index is 13.7. The second kappa shape index (κ2) is 13.3. The van der Waals surface area contributed by atoms with E-state index in [9.17, 15) is 18.3 Å². The van der Waals surface area contributed by atoms with Crippen LogP contribution in [0.15, 0.2) is 27.9 Å². The van der Waals surface area contributed by atoms with Gasteiger partial charge in [0.1, 0.15) is 17.1 Å². The van der Waals surface area contributed by atoms with Crippen molar-refractivity contribution < 1.29 is 18.3 Å². The van der Waals surface area contributed by atoms with Crippen LogP contribution in [0, 0.1) is 0 Å². The molecule has 1 aromatic carbocycles. The van der Waals surface area contributed by atoms with Crippen molar-refractivity contribution in [2.75, 3.05) is 45.9 Å². The highest BCUT2D eigenvalue weighted by Gasteiger charge is 2.27. The summed E-state index contributed by atoms with van der Waals surface area (Å²) in [6.45, 7) is 10.5. The Hall–Kier alpha value is -2.80. The van der Waals surface area contributed by atoms with Crippen molar-refractivity contribution in [3.05, 3.63) is 34.2 Å². The zero-order valence-corrected chi connectivity index (χ0v) is 23.8. The first-order valence-corrected chi connectivity index (χ1v) is 14.7. The van der Waals surface area contributed by atoms with Crippen LogP contribution in [0.1, 0.15) is 46.2 Å². The number of hydrogen-bond donors (Lipinski definition) is 2. The summed E-state index contributed by atoms with van der Waals surface area (Å²) in [6, 6.07) is 4.58. The smallest absolute Gasteiger partial charge is 0.277 e. The van der Waals surface area contributed by atoms with Gasteiger partial charge in [0.2, 0.25) is 10.0 Å². The van der Waals surface area contributed by atoms with Crippen LogP contribution in [0.4, 0.5) is 0 Å². The minimum atomic E-state index is -3.95. The molecule has 0 aliphatic heterocycles. The van der Waals surface area contributed by atoms with E-state index < -0.39 is 10.0 Å². The number of sulfonamides is 1. The van der Waals surface area contributed by atoms with Crippen LogP contribution in [0.3, 0.4) is 0 Å². The number of H-pyrrole nitrogens is 1. The minimum Gasteiger partial charge on any atom is -0.493 e. The van der Waals surface area contributed by atoms with Crippen molar-refractivity contribution >= 4 is 21.1 Å². The molecule has 3 aromatic rings. The van der Waals surface area contributed by atoms with Gasteiger partial charge in [-0.15, -0.1) is 0 Å². The largest absolute Gasteiger partial charge is 0.493 e. The van der Waals surface area contributed by atoms with Crippen molar-refractivity contribution in [1.29, 1.82) is 0 Å². The molecule has 2 N–H and O–H groups in total. The van der Waals surface area contributed by atoms with Crippen LogP contribution in [-0.4, -0.2) is 88.4 Å². The number of aliphatic hydroxyl groups excluding tert-OH is 1. The maximum Gasteiger partial charge on any atom is 0.277 e. The summed E-state index contributed by atoms with van der Waals surface area (Å²) in [5.41, 5.74) is 1.57. The van der Waals surface area contributed by atoms with Crippen LogP contribution in [0.5, 0.6) is 5.75 Å². The van der Waals surface area contributed by atoms with Crippen molar-refractivity contribution in [2.24, 2.45) is 7.05 Å². The zero-order chi connectivity index (χ0) is 27.9. The van der Waals surface area contributed by atoms with E-state index in [4.69, 9.17) is 9.72 Å². The fourth-order valence-corrected chi connectivity index (χ4v) is 5.83. The number of likely N-dealkylation sites (N-methyl/N-ethyl adjacent to an activating group) is 1. The van der Waals surface area contributed by atoms with Crippen LogP contribution in [0.25, 0.3) is 22.4 Å². The third-order valence-electron chi connectivity index (χ3n) is 6.46. The molecule has 0 radical (unpaired) electrons. The first-order chi connectivity index (χ1) is 18.2. The van der Waals surface area contributed by atoms with Gasteiger partial charge in [-0.3, -0.25) is 9.48 Å². The number of nitrogens with zero attached hydrogens (tertiary/aromatic N) is 5. The van der Waals surface area contributed by atoms with Gasteiger partial charge in [0.05, 0.1) is 29.4 Å². The van der Waals surface area contributed by atoms with E-state index in [1.54, 1.807) is 13.1 Å². The molecular formula is C26H40N6O5S. The third-order valence-corrected chi connectivity index (χ3v) is 8.36. The van der Waals surface area contributed by atoms with E-state index in [1.807, 2.05) is 27.7 Å². The van der Waals surface area contributed by atoms with Gasteiger partial charge in [-0.1, -0.05) is 34.1 Å². The van der Waals surface area contributed by atoms with Crippen molar-refractivity contribution in [1.82, 2.24) is 29.0 Å². The van der Waals surface area contributed by atoms with Crippen LogP contribution >= 0.6 is 0 Å². The number of fused-ring (bicyclic) bond motifs is 1. The average Bonchev–Trinajstić information content (AvgIpc) is 3.22. The quantitative estimate of drug-likeness (QED) is 0.296. The number of hydrogen-bond acceptors (Lipinski definition) is 8. The highest BCUT2D eigenvalue weighted by molar-refractivity contribution is 7.89. The lowest BCUT2D eigenvalue weighted by molar-refractivity contribution is 0.229. The van der Waals surface area contributed by atoms with Gasteiger partial charge in [-0.2, -0.15) is 9.40 Å². The van der Waals surface area contributed by atoms with Crippen LogP contribution in [0.2, 0.25) is 0 Å². The lowest BCUT2D eigenvalue weighted by atomic mass is 10.1. The Balaban J connectivity index is 2.14. The molecule has 12 heteroatoms. The Bertz CT molecular complexity index is 1380. The normalized spacial score (nSPS) is 12.2. The van der Waals surface area contributed by atoms with E-state index in [1.165, 1.54) is 21.1 Å². The highest BCUT2D eigenvalue weighted by atomic mass is 32.2. The number of rotatable bonds is 15. The van der Waals surface area contributed by atoms with Crippen molar-refractivity contribution in [3.63, 3.8) is 0 Å². The summed E-state index contributed by atoms with van der Waals surface area (Å²) >= 11 is 0. The lowest BCUT2D eigenvalue weighted by Gasteiger charge is -2.25. The molecule has 11 nitrogen and oxygen atoms in total. The molecule has 210 valence electrons. The first kappa shape index (κ1) is 29.8. The van der Waals surface area contributed by atoms with Crippen LogP contribution < -0.4 is 10.3 Å². The zero-order valence-electron chi connectivity index (χ0n) is 23.0. The Kier molecular flexibility index (Phi) is 10.4. The topological polar surface area (TPSA) is 134 Å². The number of benzene rings is 1. The predicted molar refractivity (Wildman–Crippen MR) is 148 cm³/mol. The van der Waals surface area contributed by atoms with Gasteiger partial charge in [-0.25, -0.2) is 13.4 Å². The third kappa shape index (κ3) is 6.42. The van der Waals surface area contributed by atoms with E-state index in [0.29, 0.717) is 47.6 Å². The lowest BCUT2D eigenvalue weighted by Crippen LogP contribution is -2.40. The number of aromatic nitrogens is 4. The van der Waals surface area contributed by atoms with Crippen molar-refractivity contribution in [2.45, 2.75) is 51.9 Å². The molecule has 0 unspecified atom stereocenters. The molecule has 2 heterocycles. The Labute approximate surface area is 224 Å². The van der Waals surface area contributed by atoms with E-state index in [-0.39, 0.29) is 36.0 Å². The minimum absolute atomic E-state index is 0.0237. The second-order valence-electron chi connectivity index (χ2n) is 9.09. The van der Waals surface area contributed by atoms with Gasteiger partial charge in [0.15, 0.2) is 5.52 Å². The molecule has 2 aromatic heterocycles. The van der Waals surface area contributed by atoms with Gasteiger partial charge in [-0.05, 0) is 44.1 Å². The molecule has 0 saturated carbocycles. The number of aryl methyl sites for hydroxylation is 2. The Morgan fingerprint density at radius 3 is 2.45 bits per heavy atom. The molecule has 38 heavy (non-hydrogen) atoms. The van der Waals surface area contributed by atoms with Crippen molar-refractivity contribution in [3.8, 4) is 17.1 Å². The molecule has 0 amide bonds. The number of aliphatic hydroxyl groups is 1. The summed E-state index contributed by atoms with van der Waals surface area (Å²) in [4.78, 5) is 22.8. The van der Waals surface area contributed by atoms with Gasteiger partial charge in [0, 0.05) is 26.7 Å². The van der Waals surface area contributed by atoms with E-state index >= 15 is 0 Å². The summed E-state index contributed by atoms with van der Waals surface area (Å²) in [5, 5.41) is 14.1. The standard InChI is InChI=1S/C26H40N6O5S/c1-6-10-21-23-24(30(5)29-21)26(34)28-25(27-23)20-18-19(11-12-22(20)37-17-7-2)38(35,36)32(15-16-33)14-13-31(8-3)9-4/h11-12,18,33H,6-10,13-17H2,1-5H3,(H,27,28,34). The van der Waals surface area contributed by atoms with Gasteiger partial charge < -0.3 is 19.7 Å². The highest BCUT2D eigenvalue weighted by Crippen LogP contribution is 2.32. The molecule has 0 spiro atoms. The Morgan fingerprint density at radius 1 is 1.08 bits per heavy atom.